The second-order valence-corrected chi connectivity index (χ2v) is 5.20. The van der Waals surface area contributed by atoms with E-state index in [1.165, 1.54) is 0 Å². The summed E-state index contributed by atoms with van der Waals surface area (Å²) in [7, 11) is 1.69. The van der Waals surface area contributed by atoms with Crippen molar-refractivity contribution in [2.75, 3.05) is 20.3 Å². The zero-order valence-corrected chi connectivity index (χ0v) is 11.0. The van der Waals surface area contributed by atoms with Crippen LogP contribution < -0.4 is 5.32 Å². The molecule has 1 aliphatic rings. The van der Waals surface area contributed by atoms with E-state index in [-0.39, 0.29) is 18.1 Å². The van der Waals surface area contributed by atoms with Crippen molar-refractivity contribution in [3.8, 4) is 0 Å². The number of hydrogen-bond donors (Lipinski definition) is 2. The maximum atomic E-state index is 11.7. The molecule has 0 radical (unpaired) electrons. The number of nitrogens with one attached hydrogen (secondary N) is 1. The molecular weight excluding hydrogens is 218 g/mol. The Morgan fingerprint density at radius 3 is 2.71 bits per heavy atom. The smallest absolute Gasteiger partial charge is 0.222 e. The fourth-order valence-corrected chi connectivity index (χ4v) is 2.15. The first-order valence-electron chi connectivity index (χ1n) is 6.54. The molecule has 0 heterocycles. The Kier molecular flexibility index (Phi) is 5.92. The highest BCUT2D eigenvalue weighted by Gasteiger charge is 2.38. The summed E-state index contributed by atoms with van der Waals surface area (Å²) in [6, 6.07) is 0. The number of methoxy groups -OCH3 is 1. The molecule has 1 unspecified atom stereocenters. The maximum Gasteiger partial charge on any atom is 0.222 e. The van der Waals surface area contributed by atoms with Gasteiger partial charge in [-0.2, -0.15) is 0 Å². The van der Waals surface area contributed by atoms with Gasteiger partial charge in [0.2, 0.25) is 5.91 Å². The SMILES string of the molecule is COC1(CC(=O)NCCCC(C)CO)CCC1. The van der Waals surface area contributed by atoms with Gasteiger partial charge in [-0.05, 0) is 38.0 Å². The lowest BCUT2D eigenvalue weighted by atomic mass is 9.77. The first-order chi connectivity index (χ1) is 8.12. The van der Waals surface area contributed by atoms with E-state index in [2.05, 4.69) is 5.32 Å². The van der Waals surface area contributed by atoms with E-state index in [0.29, 0.717) is 18.9 Å². The Labute approximate surface area is 104 Å². The summed E-state index contributed by atoms with van der Waals surface area (Å²) in [6.45, 7) is 2.93. The summed E-state index contributed by atoms with van der Waals surface area (Å²) in [4.78, 5) is 11.7. The fraction of sp³-hybridized carbons (Fsp3) is 0.923. The Morgan fingerprint density at radius 1 is 1.53 bits per heavy atom. The number of amides is 1. The number of ether oxygens (including phenoxy) is 1. The van der Waals surface area contributed by atoms with Gasteiger partial charge in [0.1, 0.15) is 0 Å². The van der Waals surface area contributed by atoms with Gasteiger partial charge in [-0.15, -0.1) is 0 Å². The summed E-state index contributed by atoms with van der Waals surface area (Å²) in [5.41, 5.74) is -0.178. The zero-order valence-electron chi connectivity index (χ0n) is 11.0. The monoisotopic (exact) mass is 243 g/mol. The number of carbonyl (C=O) groups excluding carboxylic acids is 1. The molecule has 17 heavy (non-hydrogen) atoms. The van der Waals surface area contributed by atoms with E-state index in [1.54, 1.807) is 7.11 Å². The minimum atomic E-state index is -0.178. The van der Waals surface area contributed by atoms with Crippen molar-refractivity contribution < 1.29 is 14.6 Å². The van der Waals surface area contributed by atoms with E-state index in [1.807, 2.05) is 6.92 Å². The van der Waals surface area contributed by atoms with Crippen LogP contribution in [0.1, 0.15) is 45.4 Å². The summed E-state index contributed by atoms with van der Waals surface area (Å²) < 4.78 is 5.41. The first-order valence-corrected chi connectivity index (χ1v) is 6.54. The Balaban J connectivity index is 2.09. The molecule has 1 amide bonds. The number of aliphatic hydroxyl groups is 1. The van der Waals surface area contributed by atoms with E-state index < -0.39 is 0 Å². The van der Waals surface area contributed by atoms with Crippen molar-refractivity contribution >= 4 is 5.91 Å². The summed E-state index contributed by atoms with van der Waals surface area (Å²) in [5, 5.41) is 11.8. The third-order valence-electron chi connectivity index (χ3n) is 3.69. The largest absolute Gasteiger partial charge is 0.396 e. The summed E-state index contributed by atoms with van der Waals surface area (Å²) in [5.74, 6) is 0.409. The van der Waals surface area contributed by atoms with Crippen LogP contribution in [0.15, 0.2) is 0 Å². The third-order valence-corrected chi connectivity index (χ3v) is 3.69. The van der Waals surface area contributed by atoms with Gasteiger partial charge in [0.05, 0.1) is 12.0 Å². The van der Waals surface area contributed by atoms with Crippen molar-refractivity contribution in [1.29, 1.82) is 0 Å². The number of hydrogen-bond acceptors (Lipinski definition) is 3. The van der Waals surface area contributed by atoms with Crippen LogP contribution in [0, 0.1) is 5.92 Å². The molecule has 1 atom stereocenters. The average Bonchev–Trinajstić information content (AvgIpc) is 2.29. The Hall–Kier alpha value is -0.610. The molecule has 1 saturated carbocycles. The van der Waals surface area contributed by atoms with Crippen LogP contribution in [0.3, 0.4) is 0 Å². The van der Waals surface area contributed by atoms with E-state index in [0.717, 1.165) is 32.1 Å². The predicted octanol–water partition coefficient (Wildman–Crippen LogP) is 1.47. The van der Waals surface area contributed by atoms with E-state index >= 15 is 0 Å². The van der Waals surface area contributed by atoms with Crippen LogP contribution in [0.25, 0.3) is 0 Å². The normalized spacial score (nSPS) is 19.5. The third kappa shape index (κ3) is 4.64. The molecule has 1 rings (SSSR count). The van der Waals surface area contributed by atoms with Gasteiger partial charge in [-0.3, -0.25) is 4.79 Å². The van der Waals surface area contributed by atoms with Crippen LogP contribution in [0.4, 0.5) is 0 Å². The molecular formula is C13H25NO3. The molecule has 0 saturated heterocycles. The topological polar surface area (TPSA) is 58.6 Å². The molecule has 0 aromatic carbocycles. The van der Waals surface area contributed by atoms with Crippen LogP contribution in [0.2, 0.25) is 0 Å². The fourth-order valence-electron chi connectivity index (χ4n) is 2.15. The Morgan fingerprint density at radius 2 is 2.24 bits per heavy atom. The van der Waals surface area contributed by atoms with Crippen LogP contribution in [-0.2, 0) is 9.53 Å². The molecule has 1 aliphatic carbocycles. The maximum absolute atomic E-state index is 11.7. The highest BCUT2D eigenvalue weighted by Crippen LogP contribution is 2.37. The molecule has 4 heteroatoms. The molecule has 0 bridgehead atoms. The van der Waals surface area contributed by atoms with Gasteiger partial charge in [0, 0.05) is 20.3 Å². The number of aliphatic hydroxyl groups excluding tert-OH is 1. The molecule has 1 fully saturated rings. The van der Waals surface area contributed by atoms with Crippen molar-refractivity contribution in [1.82, 2.24) is 5.32 Å². The van der Waals surface area contributed by atoms with Gasteiger partial charge in [-0.1, -0.05) is 6.92 Å². The van der Waals surface area contributed by atoms with Crippen molar-refractivity contribution in [2.45, 2.75) is 51.0 Å². The highest BCUT2D eigenvalue weighted by molar-refractivity contribution is 5.77. The Bertz CT molecular complexity index is 233. The lowest BCUT2D eigenvalue weighted by Gasteiger charge is -2.39. The molecule has 0 spiro atoms. The van der Waals surface area contributed by atoms with Gasteiger partial charge in [0.15, 0.2) is 0 Å². The van der Waals surface area contributed by atoms with Gasteiger partial charge < -0.3 is 15.2 Å². The predicted molar refractivity (Wildman–Crippen MR) is 66.7 cm³/mol. The van der Waals surface area contributed by atoms with Crippen LogP contribution in [0.5, 0.6) is 0 Å². The molecule has 0 aliphatic heterocycles. The second-order valence-electron chi connectivity index (χ2n) is 5.20. The zero-order chi connectivity index (χ0) is 12.7. The summed E-state index contributed by atoms with van der Waals surface area (Å²) >= 11 is 0. The molecule has 0 aromatic rings. The van der Waals surface area contributed by atoms with Gasteiger partial charge in [-0.25, -0.2) is 0 Å². The van der Waals surface area contributed by atoms with E-state index in [9.17, 15) is 4.79 Å². The van der Waals surface area contributed by atoms with Gasteiger partial charge in [0.25, 0.3) is 0 Å². The highest BCUT2D eigenvalue weighted by atomic mass is 16.5. The van der Waals surface area contributed by atoms with E-state index in [4.69, 9.17) is 9.84 Å². The first kappa shape index (κ1) is 14.5. The van der Waals surface area contributed by atoms with Gasteiger partial charge >= 0.3 is 0 Å². The standard InChI is InChI=1S/C13H25NO3/c1-11(10-15)5-3-8-14-12(16)9-13(17-2)6-4-7-13/h11,15H,3-10H2,1-2H3,(H,14,16). The second kappa shape index (κ2) is 6.97. The lowest BCUT2D eigenvalue weighted by molar-refractivity contribution is -0.134. The molecule has 2 N–H and O–H groups in total. The minimum absolute atomic E-state index is 0.0863. The quantitative estimate of drug-likeness (QED) is 0.635. The molecule has 4 nitrogen and oxygen atoms in total. The average molecular weight is 243 g/mol. The lowest BCUT2D eigenvalue weighted by Crippen LogP contribution is -2.44. The summed E-state index contributed by atoms with van der Waals surface area (Å²) in [6.07, 6.45) is 5.52. The molecule has 100 valence electrons. The van der Waals surface area contributed by atoms with Crippen molar-refractivity contribution in [2.24, 2.45) is 5.92 Å². The number of carbonyl (C=O) groups is 1. The van der Waals surface area contributed by atoms with Crippen LogP contribution >= 0.6 is 0 Å². The van der Waals surface area contributed by atoms with Crippen molar-refractivity contribution in [3.05, 3.63) is 0 Å². The number of rotatable bonds is 8. The van der Waals surface area contributed by atoms with Crippen LogP contribution in [-0.4, -0.2) is 36.9 Å². The molecule has 0 aromatic heterocycles. The minimum Gasteiger partial charge on any atom is -0.396 e. The van der Waals surface area contributed by atoms with Crippen molar-refractivity contribution in [3.63, 3.8) is 0 Å².